The van der Waals surface area contributed by atoms with Crippen LogP contribution in [0.15, 0.2) is 41.3 Å². The summed E-state index contributed by atoms with van der Waals surface area (Å²) in [5.74, 6) is 0. The van der Waals surface area contributed by atoms with E-state index in [-0.39, 0.29) is 16.9 Å². The first-order valence-electron chi connectivity index (χ1n) is 9.48. The maximum atomic E-state index is 13.5. The van der Waals surface area contributed by atoms with Gasteiger partial charge in [-0.05, 0) is 61.7 Å². The molecule has 7 nitrogen and oxygen atoms in total. The third-order valence-corrected chi connectivity index (χ3v) is 8.27. The van der Waals surface area contributed by atoms with Crippen LogP contribution in [0.2, 0.25) is 5.02 Å². The van der Waals surface area contributed by atoms with Gasteiger partial charge in [0.1, 0.15) is 0 Å². The molecule has 2 aromatic rings. The molecular formula is C20H22ClN3O4S. The molecule has 0 amide bonds. The molecule has 1 saturated heterocycles. The predicted molar refractivity (Wildman–Crippen MR) is 111 cm³/mol. The number of nitro benzene ring substituents is 1. The lowest BCUT2D eigenvalue weighted by Crippen LogP contribution is -2.52. The lowest BCUT2D eigenvalue weighted by molar-refractivity contribution is -0.387. The number of nitrogens with one attached hydrogen (secondary N) is 1. The van der Waals surface area contributed by atoms with E-state index in [1.807, 2.05) is 13.0 Å². The maximum Gasteiger partial charge on any atom is 0.289 e. The molecule has 1 N–H and O–H groups in total. The fourth-order valence-corrected chi connectivity index (χ4v) is 6.33. The van der Waals surface area contributed by atoms with Gasteiger partial charge in [-0.1, -0.05) is 29.8 Å². The van der Waals surface area contributed by atoms with Crippen molar-refractivity contribution in [1.82, 2.24) is 9.62 Å². The molecule has 0 aliphatic carbocycles. The normalized spacial score (nSPS) is 19.1. The zero-order valence-corrected chi connectivity index (χ0v) is 17.6. The molecule has 0 bridgehead atoms. The number of piperidine rings is 1. The van der Waals surface area contributed by atoms with Crippen LogP contribution in [0, 0.1) is 17.0 Å². The Hall–Kier alpha value is -2.00. The van der Waals surface area contributed by atoms with Crippen LogP contribution in [0.3, 0.4) is 0 Å². The minimum absolute atomic E-state index is 0.152. The van der Waals surface area contributed by atoms with Crippen molar-refractivity contribution in [1.29, 1.82) is 0 Å². The standard InChI is InChI=1S/C20H22ClN3O4S/c1-14-10-16-15(11-17(14)21)12-23(13-20(16)6-8-22-9-7-20)29(27,28)19-5-3-2-4-18(19)24(25)26/h2-5,10-11,22H,6-9,12-13H2,1H3. The van der Waals surface area contributed by atoms with Crippen molar-refractivity contribution >= 4 is 27.3 Å². The summed E-state index contributed by atoms with van der Waals surface area (Å²) in [6, 6.07) is 9.44. The molecule has 9 heteroatoms. The van der Waals surface area contributed by atoms with Crippen molar-refractivity contribution < 1.29 is 13.3 Å². The van der Waals surface area contributed by atoms with Crippen LogP contribution >= 0.6 is 11.6 Å². The molecule has 4 rings (SSSR count). The van der Waals surface area contributed by atoms with Gasteiger partial charge in [-0.15, -0.1) is 0 Å². The number of fused-ring (bicyclic) bond motifs is 2. The number of hydrogen-bond donors (Lipinski definition) is 1. The monoisotopic (exact) mass is 435 g/mol. The van der Waals surface area contributed by atoms with E-state index in [0.29, 0.717) is 11.6 Å². The van der Waals surface area contributed by atoms with Gasteiger partial charge < -0.3 is 5.32 Å². The van der Waals surface area contributed by atoms with Crippen molar-refractivity contribution in [2.24, 2.45) is 0 Å². The third-order valence-electron chi connectivity index (χ3n) is 6.02. The van der Waals surface area contributed by atoms with E-state index in [9.17, 15) is 18.5 Å². The molecule has 0 atom stereocenters. The molecule has 0 unspecified atom stereocenters. The van der Waals surface area contributed by atoms with Crippen molar-refractivity contribution in [3.05, 3.63) is 68.2 Å². The molecule has 1 fully saturated rings. The summed E-state index contributed by atoms with van der Waals surface area (Å²) < 4.78 is 28.3. The molecule has 0 aromatic heterocycles. The Bertz CT molecular complexity index is 1080. The molecule has 2 heterocycles. The Labute approximate surface area is 174 Å². The molecule has 0 saturated carbocycles. The Morgan fingerprint density at radius 1 is 1.21 bits per heavy atom. The van der Waals surface area contributed by atoms with Crippen molar-refractivity contribution in [3.8, 4) is 0 Å². The highest BCUT2D eigenvalue weighted by Gasteiger charge is 2.45. The lowest BCUT2D eigenvalue weighted by atomic mass is 9.69. The van der Waals surface area contributed by atoms with Crippen LogP contribution in [-0.4, -0.2) is 37.3 Å². The highest BCUT2D eigenvalue weighted by atomic mass is 35.5. The fraction of sp³-hybridized carbons (Fsp3) is 0.400. The summed E-state index contributed by atoms with van der Waals surface area (Å²) in [5.41, 5.74) is 2.26. The van der Waals surface area contributed by atoms with Gasteiger partial charge in [0.05, 0.1) is 4.92 Å². The Balaban J connectivity index is 1.84. The van der Waals surface area contributed by atoms with Crippen LogP contribution in [0.1, 0.15) is 29.5 Å². The molecule has 29 heavy (non-hydrogen) atoms. The van der Waals surface area contributed by atoms with E-state index >= 15 is 0 Å². The van der Waals surface area contributed by atoms with Crippen LogP contribution in [0.4, 0.5) is 5.69 Å². The number of nitro groups is 1. The SMILES string of the molecule is Cc1cc2c(cc1Cl)CN(S(=O)(=O)c1ccccc1[N+](=O)[O-])CC21CCNCC1. The molecular weight excluding hydrogens is 414 g/mol. The smallest absolute Gasteiger partial charge is 0.289 e. The van der Waals surface area contributed by atoms with Crippen molar-refractivity contribution in [2.45, 2.75) is 36.6 Å². The molecule has 2 aliphatic heterocycles. The fourth-order valence-electron chi connectivity index (χ4n) is 4.48. The van der Waals surface area contributed by atoms with Gasteiger partial charge in [0.25, 0.3) is 5.69 Å². The second-order valence-electron chi connectivity index (χ2n) is 7.79. The van der Waals surface area contributed by atoms with Gasteiger partial charge in [-0.3, -0.25) is 10.1 Å². The number of benzene rings is 2. The van der Waals surface area contributed by atoms with Gasteiger partial charge in [0.2, 0.25) is 10.0 Å². The van der Waals surface area contributed by atoms with E-state index < -0.39 is 20.6 Å². The maximum absolute atomic E-state index is 13.5. The van der Waals surface area contributed by atoms with Crippen LogP contribution in [0.25, 0.3) is 0 Å². The highest BCUT2D eigenvalue weighted by molar-refractivity contribution is 7.89. The number of hydrogen-bond acceptors (Lipinski definition) is 5. The number of halogens is 1. The Morgan fingerprint density at radius 3 is 2.59 bits per heavy atom. The van der Waals surface area contributed by atoms with Gasteiger partial charge in [0.15, 0.2) is 4.90 Å². The Morgan fingerprint density at radius 2 is 1.90 bits per heavy atom. The van der Waals surface area contributed by atoms with Gasteiger partial charge in [0, 0.05) is 29.6 Å². The number of aryl methyl sites for hydroxylation is 1. The van der Waals surface area contributed by atoms with Crippen LogP contribution in [-0.2, 0) is 22.0 Å². The van der Waals surface area contributed by atoms with Gasteiger partial charge in [-0.25, -0.2) is 8.42 Å². The first-order valence-corrected chi connectivity index (χ1v) is 11.3. The summed E-state index contributed by atoms with van der Waals surface area (Å²) in [7, 11) is -4.05. The first kappa shape index (κ1) is 20.3. The summed E-state index contributed by atoms with van der Waals surface area (Å²) in [6.45, 7) is 3.99. The van der Waals surface area contributed by atoms with Crippen LogP contribution < -0.4 is 5.32 Å². The minimum atomic E-state index is -4.05. The predicted octanol–water partition coefficient (Wildman–Crippen LogP) is 3.38. The lowest BCUT2D eigenvalue weighted by Gasteiger charge is -2.46. The number of rotatable bonds is 3. The highest BCUT2D eigenvalue weighted by Crippen LogP contribution is 2.44. The largest absolute Gasteiger partial charge is 0.317 e. The first-order chi connectivity index (χ1) is 13.7. The molecule has 0 radical (unpaired) electrons. The number of sulfonamides is 1. The molecule has 154 valence electrons. The second kappa shape index (κ2) is 7.36. The minimum Gasteiger partial charge on any atom is -0.317 e. The number of nitrogens with zero attached hydrogens (tertiary/aromatic N) is 2. The van der Waals surface area contributed by atoms with Crippen molar-refractivity contribution in [2.75, 3.05) is 19.6 Å². The van der Waals surface area contributed by atoms with E-state index in [0.717, 1.165) is 42.6 Å². The van der Waals surface area contributed by atoms with E-state index in [2.05, 4.69) is 11.4 Å². The zero-order chi connectivity index (χ0) is 20.8. The summed E-state index contributed by atoms with van der Waals surface area (Å²) in [6.07, 6.45) is 1.59. The third kappa shape index (κ3) is 3.44. The second-order valence-corrected chi connectivity index (χ2v) is 10.1. The van der Waals surface area contributed by atoms with Gasteiger partial charge >= 0.3 is 0 Å². The average Bonchev–Trinajstić information content (AvgIpc) is 2.70. The summed E-state index contributed by atoms with van der Waals surface area (Å²) >= 11 is 6.35. The number of para-hydroxylation sites is 1. The Kier molecular flexibility index (Phi) is 5.14. The average molecular weight is 436 g/mol. The van der Waals surface area contributed by atoms with Gasteiger partial charge in [-0.2, -0.15) is 4.31 Å². The van der Waals surface area contributed by atoms with E-state index in [4.69, 9.17) is 11.6 Å². The topological polar surface area (TPSA) is 92.5 Å². The van der Waals surface area contributed by atoms with E-state index in [1.54, 1.807) is 0 Å². The molecule has 2 aliphatic rings. The van der Waals surface area contributed by atoms with E-state index in [1.165, 1.54) is 28.6 Å². The summed E-state index contributed by atoms with van der Waals surface area (Å²) in [5, 5.41) is 15.4. The molecule has 2 aromatic carbocycles. The summed E-state index contributed by atoms with van der Waals surface area (Å²) in [4.78, 5) is 10.5. The quantitative estimate of drug-likeness (QED) is 0.589. The zero-order valence-electron chi connectivity index (χ0n) is 16.0. The van der Waals surface area contributed by atoms with Crippen LogP contribution in [0.5, 0.6) is 0 Å². The molecule has 1 spiro atoms. The van der Waals surface area contributed by atoms with Crippen molar-refractivity contribution in [3.63, 3.8) is 0 Å².